The van der Waals surface area contributed by atoms with Crippen LogP contribution in [0.25, 0.3) is 0 Å². The van der Waals surface area contributed by atoms with Crippen LogP contribution in [0.15, 0.2) is 0 Å². The summed E-state index contributed by atoms with van der Waals surface area (Å²) in [4.78, 5) is 12.4. The molecule has 0 saturated carbocycles. The van der Waals surface area contributed by atoms with Crippen LogP contribution in [0.5, 0.6) is 0 Å². The van der Waals surface area contributed by atoms with Crippen molar-refractivity contribution >= 4 is 5.91 Å². The minimum Gasteiger partial charge on any atom is -0.394 e. The molecule has 0 aromatic carbocycles. The monoisotopic (exact) mass is 820 g/mol. The van der Waals surface area contributed by atoms with Crippen LogP contribution in [0.2, 0.25) is 0 Å². The fraction of sp³-hybridized carbons (Fsp3) is 0.981. The van der Waals surface area contributed by atoms with Crippen molar-refractivity contribution < 1.29 is 15.0 Å². The fourth-order valence-corrected chi connectivity index (χ4v) is 8.95. The summed E-state index contributed by atoms with van der Waals surface area (Å²) in [6, 6.07) is -0.529. The normalized spacial score (nSPS) is 12.7. The SMILES string of the molecule is CCCCCCCCCCCCCCCCCCCCCCCCCCCCCCCCCCCCCC(=O)NC(CO)C(O)CCCCCCCCCCCCC. The van der Waals surface area contributed by atoms with Gasteiger partial charge in [-0.05, 0) is 12.8 Å². The molecule has 1 amide bonds. The molecule has 0 aliphatic carbocycles. The highest BCUT2D eigenvalue weighted by Crippen LogP contribution is 2.18. The molecule has 0 fully saturated rings. The van der Waals surface area contributed by atoms with Crippen LogP contribution in [-0.2, 0) is 4.79 Å². The van der Waals surface area contributed by atoms with Crippen molar-refractivity contribution in [3.63, 3.8) is 0 Å². The van der Waals surface area contributed by atoms with Crippen LogP contribution in [0.3, 0.4) is 0 Å². The number of aliphatic hydroxyl groups is 2. The molecular formula is C54H109NO3. The van der Waals surface area contributed by atoms with Crippen LogP contribution < -0.4 is 5.32 Å². The number of nitrogens with one attached hydrogen (secondary N) is 1. The van der Waals surface area contributed by atoms with Gasteiger partial charge in [0.05, 0.1) is 18.8 Å². The molecule has 0 aliphatic heterocycles. The lowest BCUT2D eigenvalue weighted by molar-refractivity contribution is -0.123. The summed E-state index contributed by atoms with van der Waals surface area (Å²) in [5.41, 5.74) is 0. The van der Waals surface area contributed by atoms with Gasteiger partial charge in [0.15, 0.2) is 0 Å². The lowest BCUT2D eigenvalue weighted by atomic mass is 10.0. The van der Waals surface area contributed by atoms with Crippen molar-refractivity contribution in [2.24, 2.45) is 0 Å². The van der Waals surface area contributed by atoms with E-state index in [1.807, 2.05) is 0 Å². The Kier molecular flexibility index (Phi) is 50.2. The number of carbonyl (C=O) groups is 1. The zero-order chi connectivity index (χ0) is 42.1. The first-order chi connectivity index (χ1) is 28.7. The van der Waals surface area contributed by atoms with E-state index in [1.165, 1.54) is 270 Å². The predicted molar refractivity (Wildman–Crippen MR) is 258 cm³/mol. The summed E-state index contributed by atoms with van der Waals surface area (Å²) >= 11 is 0. The first-order valence-electron chi connectivity index (χ1n) is 27.2. The van der Waals surface area contributed by atoms with Gasteiger partial charge >= 0.3 is 0 Å². The summed E-state index contributed by atoms with van der Waals surface area (Å²) < 4.78 is 0. The molecule has 3 N–H and O–H groups in total. The van der Waals surface area contributed by atoms with Crippen molar-refractivity contribution in [3.05, 3.63) is 0 Å². The van der Waals surface area contributed by atoms with Gasteiger partial charge in [0.25, 0.3) is 0 Å². The number of carbonyl (C=O) groups excluding carboxylic acids is 1. The Bertz CT molecular complexity index is 759. The summed E-state index contributed by atoms with van der Waals surface area (Å²) in [6.07, 6.45) is 63.9. The molecule has 0 bridgehead atoms. The van der Waals surface area contributed by atoms with Crippen LogP contribution >= 0.6 is 0 Å². The number of aliphatic hydroxyl groups excluding tert-OH is 2. The Labute approximate surface area is 365 Å². The topological polar surface area (TPSA) is 69.6 Å². The van der Waals surface area contributed by atoms with E-state index in [0.717, 1.165) is 25.7 Å². The van der Waals surface area contributed by atoms with Crippen LogP contribution in [0.4, 0.5) is 0 Å². The Balaban J connectivity index is 3.31. The lowest BCUT2D eigenvalue weighted by Crippen LogP contribution is -2.45. The maximum Gasteiger partial charge on any atom is 0.220 e. The van der Waals surface area contributed by atoms with E-state index < -0.39 is 12.1 Å². The highest BCUT2D eigenvalue weighted by molar-refractivity contribution is 5.76. The van der Waals surface area contributed by atoms with E-state index in [1.54, 1.807) is 0 Å². The molecule has 0 spiro atoms. The van der Waals surface area contributed by atoms with Crippen molar-refractivity contribution in [2.45, 2.75) is 334 Å². The number of hydrogen-bond donors (Lipinski definition) is 3. The Morgan fingerprint density at radius 2 is 0.552 bits per heavy atom. The molecule has 0 heterocycles. The maximum atomic E-state index is 12.4. The third-order valence-corrected chi connectivity index (χ3v) is 13.1. The van der Waals surface area contributed by atoms with Crippen molar-refractivity contribution in [3.8, 4) is 0 Å². The van der Waals surface area contributed by atoms with Crippen molar-refractivity contribution in [1.29, 1.82) is 0 Å². The van der Waals surface area contributed by atoms with E-state index >= 15 is 0 Å². The zero-order valence-electron chi connectivity index (χ0n) is 40.1. The molecule has 0 aromatic rings. The van der Waals surface area contributed by atoms with Gasteiger partial charge < -0.3 is 15.5 Å². The van der Waals surface area contributed by atoms with Crippen molar-refractivity contribution in [1.82, 2.24) is 5.32 Å². The summed E-state index contributed by atoms with van der Waals surface area (Å²) in [5.74, 6) is -0.0249. The quantitative estimate of drug-likeness (QED) is 0.0536. The lowest BCUT2D eigenvalue weighted by Gasteiger charge is -2.22. The molecule has 348 valence electrons. The molecule has 2 atom stereocenters. The highest BCUT2D eigenvalue weighted by atomic mass is 16.3. The predicted octanol–water partition coefficient (Wildman–Crippen LogP) is 17.6. The summed E-state index contributed by atoms with van der Waals surface area (Å²) in [6.45, 7) is 4.38. The molecule has 0 saturated heterocycles. The first kappa shape index (κ1) is 57.4. The molecule has 0 aromatic heterocycles. The maximum absolute atomic E-state index is 12.4. The van der Waals surface area contributed by atoms with Gasteiger partial charge in [-0.3, -0.25) is 4.79 Å². The second kappa shape index (κ2) is 50.7. The number of amides is 1. The fourth-order valence-electron chi connectivity index (χ4n) is 8.95. The van der Waals surface area contributed by atoms with Crippen LogP contribution in [-0.4, -0.2) is 34.9 Å². The van der Waals surface area contributed by atoms with E-state index in [2.05, 4.69) is 19.2 Å². The Morgan fingerprint density at radius 1 is 0.345 bits per heavy atom. The molecule has 2 unspecified atom stereocenters. The summed E-state index contributed by atoms with van der Waals surface area (Å²) in [5, 5.41) is 23.2. The van der Waals surface area contributed by atoms with E-state index in [9.17, 15) is 15.0 Å². The Morgan fingerprint density at radius 3 is 0.776 bits per heavy atom. The second-order valence-electron chi connectivity index (χ2n) is 19.0. The molecule has 58 heavy (non-hydrogen) atoms. The average Bonchev–Trinajstić information content (AvgIpc) is 3.23. The second-order valence-corrected chi connectivity index (χ2v) is 19.0. The van der Waals surface area contributed by atoms with Gasteiger partial charge in [-0.25, -0.2) is 0 Å². The van der Waals surface area contributed by atoms with Crippen LogP contribution in [0.1, 0.15) is 322 Å². The molecule has 4 heteroatoms. The molecule has 4 nitrogen and oxygen atoms in total. The van der Waals surface area contributed by atoms with Gasteiger partial charge in [-0.2, -0.15) is 0 Å². The van der Waals surface area contributed by atoms with Gasteiger partial charge in [-0.15, -0.1) is 0 Å². The molecule has 0 radical (unpaired) electrons. The number of hydrogen-bond acceptors (Lipinski definition) is 3. The van der Waals surface area contributed by atoms with Gasteiger partial charge in [0, 0.05) is 6.42 Å². The Hall–Kier alpha value is -0.610. The van der Waals surface area contributed by atoms with E-state index in [4.69, 9.17) is 0 Å². The highest BCUT2D eigenvalue weighted by Gasteiger charge is 2.20. The first-order valence-corrected chi connectivity index (χ1v) is 27.2. The van der Waals surface area contributed by atoms with Gasteiger partial charge in [0.1, 0.15) is 0 Å². The molecule has 0 aliphatic rings. The minimum absolute atomic E-state index is 0.0249. The number of unbranched alkanes of at least 4 members (excludes halogenated alkanes) is 44. The third-order valence-electron chi connectivity index (χ3n) is 13.1. The standard InChI is InChI=1S/C54H109NO3/c1-3-5-7-9-11-13-15-16-17-18-19-20-21-22-23-24-25-26-27-28-29-30-31-32-33-34-35-36-37-38-40-42-44-46-48-50-54(58)55-52(51-56)53(57)49-47-45-43-41-39-14-12-10-8-6-4-2/h52-53,56-57H,3-51H2,1-2H3,(H,55,58). The number of rotatable bonds is 51. The smallest absolute Gasteiger partial charge is 0.220 e. The van der Waals surface area contributed by atoms with Gasteiger partial charge in [0.2, 0.25) is 5.91 Å². The average molecular weight is 820 g/mol. The molecule has 0 rings (SSSR count). The largest absolute Gasteiger partial charge is 0.394 e. The van der Waals surface area contributed by atoms with E-state index in [0.29, 0.717) is 12.8 Å². The third kappa shape index (κ3) is 46.5. The molecular weight excluding hydrogens is 711 g/mol. The van der Waals surface area contributed by atoms with Gasteiger partial charge in [-0.1, -0.05) is 303 Å². The zero-order valence-corrected chi connectivity index (χ0v) is 40.1. The minimum atomic E-state index is -0.652. The summed E-state index contributed by atoms with van der Waals surface area (Å²) in [7, 11) is 0. The van der Waals surface area contributed by atoms with Crippen molar-refractivity contribution in [2.75, 3.05) is 6.61 Å². The van der Waals surface area contributed by atoms with Crippen LogP contribution in [0, 0.1) is 0 Å². The van der Waals surface area contributed by atoms with E-state index in [-0.39, 0.29) is 12.5 Å².